The highest BCUT2D eigenvalue weighted by Gasteiger charge is 2.22. The van der Waals surface area contributed by atoms with Gasteiger partial charge in [0.2, 0.25) is 0 Å². The molecular formula is C13H18FNO2. The molecule has 0 aliphatic carbocycles. The van der Waals surface area contributed by atoms with E-state index in [2.05, 4.69) is 0 Å². The summed E-state index contributed by atoms with van der Waals surface area (Å²) in [6, 6.07) is 6.18. The van der Waals surface area contributed by atoms with E-state index in [4.69, 9.17) is 5.11 Å². The lowest BCUT2D eigenvalue weighted by molar-refractivity contribution is -0.143. The Morgan fingerprint density at radius 3 is 2.35 bits per heavy atom. The number of rotatable bonds is 5. The standard InChI is InChI=1S/C13H18FNO2/c1-9(13(16)17)10(2)15(3)8-11-4-6-12(14)7-5-11/h4-7,9-10H,8H2,1-3H3,(H,16,17). The Morgan fingerprint density at radius 2 is 1.88 bits per heavy atom. The summed E-state index contributed by atoms with van der Waals surface area (Å²) >= 11 is 0. The van der Waals surface area contributed by atoms with Gasteiger partial charge in [-0.2, -0.15) is 0 Å². The highest BCUT2D eigenvalue weighted by atomic mass is 19.1. The van der Waals surface area contributed by atoms with Crippen LogP contribution in [0.15, 0.2) is 24.3 Å². The third kappa shape index (κ3) is 3.82. The van der Waals surface area contributed by atoms with Crippen LogP contribution in [-0.2, 0) is 11.3 Å². The van der Waals surface area contributed by atoms with Crippen molar-refractivity contribution in [3.05, 3.63) is 35.6 Å². The summed E-state index contributed by atoms with van der Waals surface area (Å²) in [5.74, 6) is -1.49. The van der Waals surface area contributed by atoms with Crippen molar-refractivity contribution in [1.82, 2.24) is 4.90 Å². The molecule has 0 saturated carbocycles. The minimum atomic E-state index is -0.802. The summed E-state index contributed by atoms with van der Waals surface area (Å²) in [6.07, 6.45) is 0. The number of carboxylic acids is 1. The van der Waals surface area contributed by atoms with E-state index in [0.29, 0.717) is 6.54 Å². The molecule has 0 spiro atoms. The topological polar surface area (TPSA) is 40.5 Å². The molecule has 0 aliphatic rings. The van der Waals surface area contributed by atoms with Crippen LogP contribution in [0.3, 0.4) is 0 Å². The first-order valence-corrected chi connectivity index (χ1v) is 5.59. The summed E-state index contributed by atoms with van der Waals surface area (Å²) in [4.78, 5) is 12.8. The Balaban J connectivity index is 2.62. The van der Waals surface area contributed by atoms with E-state index in [-0.39, 0.29) is 11.9 Å². The molecule has 2 atom stereocenters. The van der Waals surface area contributed by atoms with Crippen LogP contribution in [0.1, 0.15) is 19.4 Å². The maximum Gasteiger partial charge on any atom is 0.307 e. The van der Waals surface area contributed by atoms with E-state index in [0.717, 1.165) is 5.56 Å². The van der Waals surface area contributed by atoms with Crippen LogP contribution in [0.4, 0.5) is 4.39 Å². The van der Waals surface area contributed by atoms with Crippen LogP contribution in [0, 0.1) is 11.7 Å². The average Bonchev–Trinajstić information content (AvgIpc) is 2.30. The Bertz CT molecular complexity index is 378. The van der Waals surface area contributed by atoms with Crippen molar-refractivity contribution in [3.63, 3.8) is 0 Å². The lowest BCUT2D eigenvalue weighted by Crippen LogP contribution is -2.37. The molecule has 1 aromatic carbocycles. The Morgan fingerprint density at radius 1 is 1.35 bits per heavy atom. The van der Waals surface area contributed by atoms with Crippen molar-refractivity contribution >= 4 is 5.97 Å². The fraction of sp³-hybridized carbons (Fsp3) is 0.462. The number of hydrogen-bond acceptors (Lipinski definition) is 2. The molecule has 0 aliphatic heterocycles. The molecule has 0 saturated heterocycles. The van der Waals surface area contributed by atoms with Crippen LogP contribution in [-0.4, -0.2) is 29.1 Å². The smallest absolute Gasteiger partial charge is 0.307 e. The van der Waals surface area contributed by atoms with Crippen molar-refractivity contribution < 1.29 is 14.3 Å². The van der Waals surface area contributed by atoms with Gasteiger partial charge in [0, 0.05) is 12.6 Å². The lowest BCUT2D eigenvalue weighted by atomic mass is 10.0. The van der Waals surface area contributed by atoms with E-state index in [1.54, 1.807) is 19.1 Å². The first kappa shape index (κ1) is 13.6. The number of carboxylic acid groups (broad SMARTS) is 1. The predicted molar refractivity (Wildman–Crippen MR) is 64.1 cm³/mol. The Labute approximate surface area is 101 Å². The second-order valence-electron chi connectivity index (χ2n) is 4.41. The van der Waals surface area contributed by atoms with Crippen LogP contribution in [0.2, 0.25) is 0 Å². The highest BCUT2D eigenvalue weighted by molar-refractivity contribution is 5.70. The number of halogens is 1. The maximum atomic E-state index is 12.7. The molecule has 1 N–H and O–H groups in total. The number of hydrogen-bond donors (Lipinski definition) is 1. The van der Waals surface area contributed by atoms with Gasteiger partial charge >= 0.3 is 5.97 Å². The van der Waals surface area contributed by atoms with Crippen LogP contribution < -0.4 is 0 Å². The SMILES string of the molecule is CC(C(=O)O)C(C)N(C)Cc1ccc(F)cc1. The van der Waals surface area contributed by atoms with Crippen molar-refractivity contribution in [2.24, 2.45) is 5.92 Å². The summed E-state index contributed by atoms with van der Waals surface area (Å²) in [5.41, 5.74) is 0.971. The van der Waals surface area contributed by atoms with E-state index in [9.17, 15) is 9.18 Å². The van der Waals surface area contributed by atoms with Gasteiger partial charge in [-0.1, -0.05) is 19.1 Å². The summed E-state index contributed by atoms with van der Waals surface area (Å²) in [5, 5.41) is 8.93. The van der Waals surface area contributed by atoms with Gasteiger partial charge in [0.1, 0.15) is 5.82 Å². The monoisotopic (exact) mass is 239 g/mol. The number of carbonyl (C=O) groups is 1. The largest absolute Gasteiger partial charge is 0.481 e. The summed E-state index contributed by atoms with van der Waals surface area (Å²) in [6.45, 7) is 4.18. The summed E-state index contributed by atoms with van der Waals surface area (Å²) in [7, 11) is 1.87. The molecule has 0 bridgehead atoms. The molecule has 0 heterocycles. The minimum Gasteiger partial charge on any atom is -0.481 e. The second kappa shape index (κ2) is 5.77. The molecule has 94 valence electrons. The van der Waals surface area contributed by atoms with Crippen LogP contribution in [0.25, 0.3) is 0 Å². The van der Waals surface area contributed by atoms with Crippen molar-refractivity contribution in [1.29, 1.82) is 0 Å². The number of aliphatic carboxylic acids is 1. The van der Waals surface area contributed by atoms with E-state index < -0.39 is 11.9 Å². The van der Waals surface area contributed by atoms with Gasteiger partial charge in [0.15, 0.2) is 0 Å². The molecule has 17 heavy (non-hydrogen) atoms. The highest BCUT2D eigenvalue weighted by Crippen LogP contribution is 2.13. The van der Waals surface area contributed by atoms with Gasteiger partial charge in [-0.25, -0.2) is 4.39 Å². The van der Waals surface area contributed by atoms with Crippen LogP contribution >= 0.6 is 0 Å². The minimum absolute atomic E-state index is 0.0717. The third-order valence-corrected chi connectivity index (χ3v) is 3.15. The molecule has 0 amide bonds. The molecule has 1 rings (SSSR count). The van der Waals surface area contributed by atoms with Crippen molar-refractivity contribution in [3.8, 4) is 0 Å². The Hall–Kier alpha value is -1.42. The molecule has 0 radical (unpaired) electrons. The van der Waals surface area contributed by atoms with Gasteiger partial charge in [-0.3, -0.25) is 9.69 Å². The van der Waals surface area contributed by atoms with E-state index in [1.165, 1.54) is 12.1 Å². The summed E-state index contributed by atoms with van der Waals surface area (Å²) < 4.78 is 12.7. The molecule has 0 aromatic heterocycles. The van der Waals surface area contributed by atoms with Crippen molar-refractivity contribution in [2.75, 3.05) is 7.05 Å². The van der Waals surface area contributed by atoms with Gasteiger partial charge < -0.3 is 5.11 Å². The van der Waals surface area contributed by atoms with Gasteiger partial charge in [0.05, 0.1) is 5.92 Å². The molecule has 0 fully saturated rings. The number of benzene rings is 1. The van der Waals surface area contributed by atoms with Crippen molar-refractivity contribution in [2.45, 2.75) is 26.4 Å². The third-order valence-electron chi connectivity index (χ3n) is 3.15. The molecule has 2 unspecified atom stereocenters. The molecule has 3 nitrogen and oxygen atoms in total. The van der Waals surface area contributed by atoms with E-state index >= 15 is 0 Å². The average molecular weight is 239 g/mol. The second-order valence-corrected chi connectivity index (χ2v) is 4.41. The predicted octanol–water partition coefficient (Wildman–Crippen LogP) is 2.37. The fourth-order valence-electron chi connectivity index (χ4n) is 1.61. The maximum absolute atomic E-state index is 12.7. The zero-order chi connectivity index (χ0) is 13.0. The first-order chi connectivity index (χ1) is 7.91. The van der Waals surface area contributed by atoms with Gasteiger partial charge in [-0.05, 0) is 31.7 Å². The van der Waals surface area contributed by atoms with Crippen LogP contribution in [0.5, 0.6) is 0 Å². The quantitative estimate of drug-likeness (QED) is 0.857. The zero-order valence-corrected chi connectivity index (χ0v) is 10.4. The normalized spacial score (nSPS) is 14.6. The molecule has 1 aromatic rings. The fourth-order valence-corrected chi connectivity index (χ4v) is 1.61. The Kier molecular flexibility index (Phi) is 4.63. The molecule has 4 heteroatoms. The first-order valence-electron chi connectivity index (χ1n) is 5.59. The zero-order valence-electron chi connectivity index (χ0n) is 10.4. The van der Waals surface area contributed by atoms with Gasteiger partial charge in [0.25, 0.3) is 0 Å². The van der Waals surface area contributed by atoms with E-state index in [1.807, 2.05) is 18.9 Å². The lowest BCUT2D eigenvalue weighted by Gasteiger charge is -2.27. The van der Waals surface area contributed by atoms with Gasteiger partial charge in [-0.15, -0.1) is 0 Å². The molecular weight excluding hydrogens is 221 g/mol. The number of nitrogens with zero attached hydrogens (tertiary/aromatic N) is 1.